The molecule has 7 heteroatoms. The van der Waals surface area contributed by atoms with E-state index in [4.69, 9.17) is 21.1 Å². The second-order valence-electron chi connectivity index (χ2n) is 6.53. The molecule has 4 rings (SSSR count). The third-order valence-electron chi connectivity index (χ3n) is 4.79. The van der Waals surface area contributed by atoms with Gasteiger partial charge in [0.1, 0.15) is 12.4 Å². The largest absolute Gasteiger partial charge is 0.488 e. The Morgan fingerprint density at radius 1 is 1.30 bits per heavy atom. The van der Waals surface area contributed by atoms with Crippen molar-refractivity contribution in [1.82, 2.24) is 10.2 Å². The number of halogens is 1. The van der Waals surface area contributed by atoms with Gasteiger partial charge in [-0.05, 0) is 35.7 Å². The van der Waals surface area contributed by atoms with Gasteiger partial charge in [-0.2, -0.15) is 0 Å². The quantitative estimate of drug-likeness (QED) is 0.830. The number of carbonyl (C=O) groups excluding carboxylic acids is 1. The summed E-state index contributed by atoms with van der Waals surface area (Å²) in [4.78, 5) is 16.3. The Morgan fingerprint density at radius 3 is 2.93 bits per heavy atom. The Hall–Kier alpha value is -1.86. The molecule has 142 valence electrons. The van der Waals surface area contributed by atoms with Gasteiger partial charge in [0, 0.05) is 35.1 Å². The molecule has 0 saturated carbocycles. The first kappa shape index (κ1) is 18.5. The summed E-state index contributed by atoms with van der Waals surface area (Å²) in [6, 6.07) is 9.75. The van der Waals surface area contributed by atoms with E-state index in [-0.39, 0.29) is 18.6 Å². The smallest absolute Gasteiger partial charge is 0.250 e. The van der Waals surface area contributed by atoms with Gasteiger partial charge in [0.05, 0.1) is 24.8 Å². The summed E-state index contributed by atoms with van der Waals surface area (Å²) in [5.74, 6) is 0.649. The summed E-state index contributed by atoms with van der Waals surface area (Å²) >= 11 is 7.77. The van der Waals surface area contributed by atoms with Crippen molar-refractivity contribution in [3.8, 4) is 5.75 Å². The Morgan fingerprint density at radius 2 is 2.15 bits per heavy atom. The number of hydrogen-bond acceptors (Lipinski definition) is 5. The van der Waals surface area contributed by atoms with Crippen molar-refractivity contribution >= 4 is 34.9 Å². The summed E-state index contributed by atoms with van der Waals surface area (Å²) in [6.07, 6.45) is 1.86. The molecule has 1 atom stereocenters. The normalized spacial score (nSPS) is 18.2. The molecule has 1 aromatic carbocycles. The number of rotatable bonds is 5. The van der Waals surface area contributed by atoms with Crippen molar-refractivity contribution in [2.45, 2.75) is 6.04 Å². The molecular weight excluding hydrogens is 384 g/mol. The maximum Gasteiger partial charge on any atom is 0.250 e. The third-order valence-corrected chi connectivity index (χ3v) is 6.00. The van der Waals surface area contributed by atoms with Gasteiger partial charge in [-0.3, -0.25) is 9.69 Å². The Balaban J connectivity index is 1.45. The van der Waals surface area contributed by atoms with Gasteiger partial charge in [0.15, 0.2) is 0 Å². The van der Waals surface area contributed by atoms with Crippen molar-refractivity contribution in [3.05, 3.63) is 56.7 Å². The number of hydrogen-bond donors (Lipinski definition) is 1. The molecule has 27 heavy (non-hydrogen) atoms. The minimum atomic E-state index is -0.101. The Kier molecular flexibility index (Phi) is 5.78. The number of thiophene rings is 1. The molecule has 5 nitrogen and oxygen atoms in total. The van der Waals surface area contributed by atoms with Crippen LogP contribution in [0.15, 0.2) is 41.3 Å². The molecule has 1 aromatic heterocycles. The molecule has 0 spiro atoms. The highest BCUT2D eigenvalue weighted by molar-refractivity contribution is 7.10. The standard InChI is InChI=1S/C20H21ClN2O3S/c21-16-3-4-18-14(11-16)10-15(13-26-18)20(24)22-12-17(19-2-1-9-27-19)23-5-7-25-8-6-23/h1-4,9-11,17H,5-8,12-13H2,(H,22,24)/t17-/m1/s1. The summed E-state index contributed by atoms with van der Waals surface area (Å²) < 4.78 is 11.2. The zero-order chi connectivity index (χ0) is 18.6. The third kappa shape index (κ3) is 4.35. The van der Waals surface area contributed by atoms with Gasteiger partial charge in [0.25, 0.3) is 5.91 Å². The first-order valence-electron chi connectivity index (χ1n) is 8.97. The highest BCUT2D eigenvalue weighted by Crippen LogP contribution is 2.29. The van der Waals surface area contributed by atoms with Crippen LogP contribution in [0.4, 0.5) is 0 Å². The number of amides is 1. The fourth-order valence-electron chi connectivity index (χ4n) is 3.36. The van der Waals surface area contributed by atoms with Crippen molar-refractivity contribution in [2.24, 2.45) is 0 Å². The molecule has 0 radical (unpaired) electrons. The molecule has 1 saturated heterocycles. The molecular formula is C20H21ClN2O3S. The molecule has 0 bridgehead atoms. The number of nitrogens with one attached hydrogen (secondary N) is 1. The van der Waals surface area contributed by atoms with Crippen molar-refractivity contribution < 1.29 is 14.3 Å². The van der Waals surface area contributed by atoms with E-state index in [9.17, 15) is 4.79 Å². The predicted molar refractivity (Wildman–Crippen MR) is 107 cm³/mol. The SMILES string of the molecule is O=C(NC[C@H](c1cccs1)N1CCOCC1)C1=Cc2cc(Cl)ccc2OC1. The van der Waals surface area contributed by atoms with Crippen LogP contribution in [0.2, 0.25) is 5.02 Å². The molecule has 1 fully saturated rings. The molecule has 1 N–H and O–H groups in total. The molecule has 3 heterocycles. The summed E-state index contributed by atoms with van der Waals surface area (Å²) in [6.45, 7) is 4.02. The van der Waals surface area contributed by atoms with E-state index in [1.165, 1.54) is 4.88 Å². The molecule has 2 aromatic rings. The van der Waals surface area contributed by atoms with E-state index in [1.807, 2.05) is 24.3 Å². The fraction of sp³-hybridized carbons (Fsp3) is 0.350. The number of morpholine rings is 1. The fourth-order valence-corrected chi connectivity index (χ4v) is 4.40. The lowest BCUT2D eigenvalue weighted by atomic mass is 10.1. The van der Waals surface area contributed by atoms with Gasteiger partial charge >= 0.3 is 0 Å². The average molecular weight is 405 g/mol. The number of carbonyl (C=O) groups is 1. The van der Waals surface area contributed by atoms with E-state index in [0.717, 1.165) is 37.6 Å². The van der Waals surface area contributed by atoms with Crippen LogP contribution in [0.5, 0.6) is 5.75 Å². The maximum absolute atomic E-state index is 12.7. The highest BCUT2D eigenvalue weighted by Gasteiger charge is 2.25. The zero-order valence-electron chi connectivity index (χ0n) is 14.8. The van der Waals surface area contributed by atoms with Gasteiger partial charge < -0.3 is 14.8 Å². The van der Waals surface area contributed by atoms with Crippen molar-refractivity contribution in [3.63, 3.8) is 0 Å². The van der Waals surface area contributed by atoms with Gasteiger partial charge in [-0.25, -0.2) is 0 Å². The second-order valence-corrected chi connectivity index (χ2v) is 7.95. The van der Waals surface area contributed by atoms with Crippen LogP contribution >= 0.6 is 22.9 Å². The van der Waals surface area contributed by atoms with Crippen LogP contribution in [0.25, 0.3) is 6.08 Å². The Labute approximate surface area is 167 Å². The van der Waals surface area contributed by atoms with Gasteiger partial charge in [-0.1, -0.05) is 17.7 Å². The number of nitrogens with zero attached hydrogens (tertiary/aromatic N) is 1. The summed E-state index contributed by atoms with van der Waals surface area (Å²) in [5.41, 5.74) is 1.44. The molecule has 2 aliphatic rings. The number of benzene rings is 1. The average Bonchev–Trinajstić information content (AvgIpc) is 3.22. The first-order valence-corrected chi connectivity index (χ1v) is 10.2. The molecule has 1 amide bonds. The van der Waals surface area contributed by atoms with Crippen LogP contribution in [-0.2, 0) is 9.53 Å². The van der Waals surface area contributed by atoms with Gasteiger partial charge in [0.2, 0.25) is 0 Å². The minimum Gasteiger partial charge on any atom is -0.488 e. The first-order chi connectivity index (χ1) is 13.2. The monoisotopic (exact) mass is 404 g/mol. The minimum absolute atomic E-state index is 0.101. The molecule has 0 unspecified atom stereocenters. The Bertz CT molecular complexity index is 832. The number of fused-ring (bicyclic) bond motifs is 1. The van der Waals surface area contributed by atoms with E-state index in [0.29, 0.717) is 17.1 Å². The van der Waals surface area contributed by atoms with E-state index >= 15 is 0 Å². The summed E-state index contributed by atoms with van der Waals surface area (Å²) in [5, 5.41) is 5.78. The van der Waals surface area contributed by atoms with Crippen LogP contribution in [0, 0.1) is 0 Å². The molecule has 0 aliphatic carbocycles. The van der Waals surface area contributed by atoms with Crippen LogP contribution in [0.3, 0.4) is 0 Å². The summed E-state index contributed by atoms with van der Waals surface area (Å²) in [7, 11) is 0. The van der Waals surface area contributed by atoms with Crippen LogP contribution < -0.4 is 10.1 Å². The second kappa shape index (κ2) is 8.44. The van der Waals surface area contributed by atoms with Crippen molar-refractivity contribution in [2.75, 3.05) is 39.5 Å². The maximum atomic E-state index is 12.7. The number of ether oxygens (including phenoxy) is 2. The lowest BCUT2D eigenvalue weighted by Gasteiger charge is -2.34. The van der Waals surface area contributed by atoms with Gasteiger partial charge in [-0.15, -0.1) is 11.3 Å². The zero-order valence-corrected chi connectivity index (χ0v) is 16.4. The predicted octanol–water partition coefficient (Wildman–Crippen LogP) is 3.37. The van der Waals surface area contributed by atoms with Crippen molar-refractivity contribution in [1.29, 1.82) is 0 Å². The topological polar surface area (TPSA) is 50.8 Å². The van der Waals surface area contributed by atoms with Crippen LogP contribution in [0.1, 0.15) is 16.5 Å². The molecule has 2 aliphatic heterocycles. The van der Waals surface area contributed by atoms with Crippen LogP contribution in [-0.4, -0.2) is 50.3 Å². The highest BCUT2D eigenvalue weighted by atomic mass is 35.5. The van der Waals surface area contributed by atoms with E-state index < -0.39 is 0 Å². The lowest BCUT2D eigenvalue weighted by molar-refractivity contribution is -0.118. The lowest BCUT2D eigenvalue weighted by Crippen LogP contribution is -2.44. The van der Waals surface area contributed by atoms with E-state index in [1.54, 1.807) is 17.4 Å². The van der Waals surface area contributed by atoms with E-state index in [2.05, 4.69) is 21.7 Å².